The normalized spacial score (nSPS) is 17.5. The number of carbonyl (C=O) groups excluding carboxylic acids is 5. The van der Waals surface area contributed by atoms with Crippen LogP contribution in [0.3, 0.4) is 0 Å². The van der Waals surface area contributed by atoms with Gasteiger partial charge in [-0.1, -0.05) is 27.4 Å². The van der Waals surface area contributed by atoms with Crippen LogP contribution in [0.4, 0.5) is 17.6 Å². The first-order chi connectivity index (χ1) is 16.5. The number of allylic oxidation sites excluding steroid dienone is 1. The lowest BCUT2D eigenvalue weighted by Gasteiger charge is -2.28. The first-order valence-electron chi connectivity index (χ1n) is 11.2. The number of halogens is 4. The SMILES string of the molecule is C=C(CCF)NC(=O)C(=O)N[C@@H](CC(C)(C)C)C(=O)N[C@@H](C[C@@H]1CCNC1=O)C(=O)COC(F)(F)F. The maximum absolute atomic E-state index is 13.0. The summed E-state index contributed by atoms with van der Waals surface area (Å²) in [5, 5.41) is 9.15. The van der Waals surface area contributed by atoms with Crippen LogP contribution in [0.25, 0.3) is 0 Å². The van der Waals surface area contributed by atoms with Crippen LogP contribution >= 0.6 is 0 Å². The van der Waals surface area contributed by atoms with Gasteiger partial charge in [0.25, 0.3) is 0 Å². The number of alkyl halides is 4. The average Bonchev–Trinajstić information content (AvgIpc) is 3.13. The Bertz CT molecular complexity index is 856. The minimum Gasteiger partial charge on any atom is -0.356 e. The molecular formula is C22H32F4N4O6. The second-order valence-corrected chi connectivity index (χ2v) is 9.56. The molecule has 1 aliphatic heterocycles. The number of carbonyl (C=O) groups is 5. The highest BCUT2D eigenvalue weighted by molar-refractivity contribution is 6.35. The molecule has 36 heavy (non-hydrogen) atoms. The summed E-state index contributed by atoms with van der Waals surface area (Å²) >= 11 is 0. The predicted molar refractivity (Wildman–Crippen MR) is 119 cm³/mol. The number of ketones is 1. The van der Waals surface area contributed by atoms with Crippen molar-refractivity contribution in [2.45, 2.75) is 64.9 Å². The molecule has 0 unspecified atom stereocenters. The summed E-state index contributed by atoms with van der Waals surface area (Å²) in [4.78, 5) is 61.8. The van der Waals surface area contributed by atoms with Gasteiger partial charge in [0, 0.05) is 24.6 Å². The predicted octanol–water partition coefficient (Wildman–Crippen LogP) is 1.01. The molecule has 1 rings (SSSR count). The van der Waals surface area contributed by atoms with E-state index in [4.69, 9.17) is 0 Å². The largest absolute Gasteiger partial charge is 0.522 e. The molecule has 0 bridgehead atoms. The fourth-order valence-corrected chi connectivity index (χ4v) is 3.39. The smallest absolute Gasteiger partial charge is 0.356 e. The Morgan fingerprint density at radius 2 is 1.75 bits per heavy atom. The molecule has 0 saturated carbocycles. The summed E-state index contributed by atoms with van der Waals surface area (Å²) in [6.45, 7) is 6.68. The van der Waals surface area contributed by atoms with Crippen LogP contribution < -0.4 is 21.3 Å². The van der Waals surface area contributed by atoms with Crippen LogP contribution in [0.2, 0.25) is 0 Å². The van der Waals surface area contributed by atoms with Crippen LogP contribution in [0.5, 0.6) is 0 Å². The Morgan fingerprint density at radius 3 is 2.25 bits per heavy atom. The Morgan fingerprint density at radius 1 is 1.11 bits per heavy atom. The maximum Gasteiger partial charge on any atom is 0.522 e. The van der Waals surface area contributed by atoms with E-state index < -0.39 is 72.5 Å². The van der Waals surface area contributed by atoms with Gasteiger partial charge in [-0.25, -0.2) is 0 Å². The highest BCUT2D eigenvalue weighted by atomic mass is 19.4. The average molecular weight is 525 g/mol. The van der Waals surface area contributed by atoms with Crippen molar-refractivity contribution in [1.82, 2.24) is 21.3 Å². The molecule has 1 saturated heterocycles. The van der Waals surface area contributed by atoms with Crippen molar-refractivity contribution < 1.29 is 46.3 Å². The molecule has 0 spiro atoms. The molecule has 10 nitrogen and oxygen atoms in total. The Labute approximate surface area is 205 Å². The number of hydrogen-bond donors (Lipinski definition) is 4. The van der Waals surface area contributed by atoms with Crippen molar-refractivity contribution in [3.8, 4) is 0 Å². The van der Waals surface area contributed by atoms with Gasteiger partial charge in [0.1, 0.15) is 12.6 Å². The fourth-order valence-electron chi connectivity index (χ4n) is 3.39. The molecule has 4 N–H and O–H groups in total. The second-order valence-electron chi connectivity index (χ2n) is 9.56. The fraction of sp³-hybridized carbons (Fsp3) is 0.682. The number of amides is 4. The molecule has 0 aromatic rings. The van der Waals surface area contributed by atoms with Gasteiger partial charge in [0.2, 0.25) is 11.8 Å². The molecular weight excluding hydrogens is 492 g/mol. The molecule has 1 heterocycles. The molecule has 1 aliphatic rings. The van der Waals surface area contributed by atoms with Gasteiger partial charge in [-0.05, 0) is 24.7 Å². The minimum atomic E-state index is -5.09. The quantitative estimate of drug-likeness (QED) is 0.222. The van der Waals surface area contributed by atoms with Crippen molar-refractivity contribution in [2.24, 2.45) is 11.3 Å². The third kappa shape index (κ3) is 11.6. The van der Waals surface area contributed by atoms with Gasteiger partial charge < -0.3 is 21.3 Å². The molecule has 0 aliphatic carbocycles. The zero-order chi connectivity index (χ0) is 27.7. The van der Waals surface area contributed by atoms with E-state index in [1.165, 1.54) is 0 Å². The van der Waals surface area contributed by atoms with E-state index in [0.717, 1.165) is 0 Å². The minimum absolute atomic E-state index is 0.0207. The van der Waals surface area contributed by atoms with E-state index in [1.54, 1.807) is 20.8 Å². The number of nitrogens with one attached hydrogen (secondary N) is 4. The van der Waals surface area contributed by atoms with Crippen molar-refractivity contribution in [3.63, 3.8) is 0 Å². The molecule has 4 amide bonds. The van der Waals surface area contributed by atoms with Crippen molar-refractivity contribution in [3.05, 3.63) is 12.3 Å². The van der Waals surface area contributed by atoms with Crippen molar-refractivity contribution in [2.75, 3.05) is 19.8 Å². The summed E-state index contributed by atoms with van der Waals surface area (Å²) < 4.78 is 53.3. The van der Waals surface area contributed by atoms with Gasteiger partial charge in [-0.3, -0.25) is 33.1 Å². The van der Waals surface area contributed by atoms with Gasteiger partial charge in [0.15, 0.2) is 5.78 Å². The molecule has 0 aromatic carbocycles. The number of rotatable bonds is 12. The zero-order valence-electron chi connectivity index (χ0n) is 20.4. The Hall–Kier alpha value is -3.03. The summed E-state index contributed by atoms with van der Waals surface area (Å²) in [6, 6.07) is -2.89. The summed E-state index contributed by atoms with van der Waals surface area (Å²) in [5.74, 6) is -5.65. The van der Waals surface area contributed by atoms with Gasteiger partial charge in [0.05, 0.1) is 12.7 Å². The van der Waals surface area contributed by atoms with Crippen LogP contribution in [-0.4, -0.2) is 67.7 Å². The lowest BCUT2D eigenvalue weighted by atomic mass is 9.87. The third-order valence-electron chi connectivity index (χ3n) is 5.10. The van der Waals surface area contributed by atoms with Crippen LogP contribution in [0, 0.1) is 11.3 Å². The maximum atomic E-state index is 13.0. The van der Waals surface area contributed by atoms with E-state index >= 15 is 0 Å². The third-order valence-corrected chi connectivity index (χ3v) is 5.10. The zero-order valence-corrected chi connectivity index (χ0v) is 20.4. The van der Waals surface area contributed by atoms with Crippen molar-refractivity contribution >= 4 is 29.4 Å². The van der Waals surface area contributed by atoms with E-state index in [9.17, 15) is 41.5 Å². The molecule has 3 atom stereocenters. The number of hydrogen-bond acceptors (Lipinski definition) is 6. The Balaban J connectivity index is 3.03. The van der Waals surface area contributed by atoms with Gasteiger partial charge >= 0.3 is 18.2 Å². The highest BCUT2D eigenvalue weighted by Crippen LogP contribution is 2.22. The van der Waals surface area contributed by atoms with Gasteiger partial charge in [-0.2, -0.15) is 0 Å². The van der Waals surface area contributed by atoms with Crippen LogP contribution in [0.1, 0.15) is 46.5 Å². The first-order valence-corrected chi connectivity index (χ1v) is 11.2. The van der Waals surface area contributed by atoms with Crippen LogP contribution in [0.15, 0.2) is 12.3 Å². The summed E-state index contributed by atoms with van der Waals surface area (Å²) in [7, 11) is 0. The molecule has 14 heteroatoms. The number of ether oxygens (including phenoxy) is 1. The molecule has 0 aromatic heterocycles. The number of Topliss-reactive ketones (excluding diaryl/α,β-unsaturated/α-hetero) is 1. The van der Waals surface area contributed by atoms with E-state index in [1.807, 2.05) is 0 Å². The lowest BCUT2D eigenvalue weighted by molar-refractivity contribution is -0.321. The molecule has 0 radical (unpaired) electrons. The second kappa shape index (κ2) is 13.3. The van der Waals surface area contributed by atoms with E-state index in [-0.39, 0.29) is 25.0 Å². The summed E-state index contributed by atoms with van der Waals surface area (Å²) in [6.07, 6.45) is -5.30. The molecule has 1 fully saturated rings. The standard InChI is InChI=1S/C22H32F4N4O6/c1-12(5-7-23)28-19(34)20(35)30-15(10-21(2,3)4)18(33)29-14(9-13-6-8-27-17(13)32)16(31)11-36-22(24,25)26/h13-15H,1,5-11H2,2-4H3,(H,27,32)(H,28,34)(H,29,33)(H,30,35)/t13-,14-,15-/m0/s1. The monoisotopic (exact) mass is 524 g/mol. The molecule has 204 valence electrons. The lowest BCUT2D eigenvalue weighted by Crippen LogP contribution is -2.55. The van der Waals surface area contributed by atoms with E-state index in [2.05, 4.69) is 32.6 Å². The topological polar surface area (TPSA) is 143 Å². The highest BCUT2D eigenvalue weighted by Gasteiger charge is 2.37. The van der Waals surface area contributed by atoms with E-state index in [0.29, 0.717) is 13.0 Å². The van der Waals surface area contributed by atoms with Crippen LogP contribution in [-0.2, 0) is 28.7 Å². The Kier molecular flexibility index (Phi) is 11.5. The summed E-state index contributed by atoms with van der Waals surface area (Å²) in [5.41, 5.74) is -0.631. The van der Waals surface area contributed by atoms with Crippen molar-refractivity contribution in [1.29, 1.82) is 0 Å². The first kappa shape index (κ1) is 31.0. The van der Waals surface area contributed by atoms with Gasteiger partial charge in [-0.15, -0.1) is 13.2 Å².